The highest BCUT2D eigenvalue weighted by atomic mass is 16.5. The molecule has 2 aliphatic heterocycles. The Kier molecular flexibility index (Phi) is 5.96. The van der Waals surface area contributed by atoms with Crippen molar-refractivity contribution in [1.29, 1.82) is 0 Å². The molecule has 1 aromatic heterocycles. The molecule has 26 heavy (non-hydrogen) atoms. The van der Waals surface area contributed by atoms with E-state index < -0.39 is 0 Å². The lowest BCUT2D eigenvalue weighted by molar-refractivity contribution is -0.143. The van der Waals surface area contributed by atoms with Gasteiger partial charge in [0.1, 0.15) is 0 Å². The van der Waals surface area contributed by atoms with Gasteiger partial charge in [-0.25, -0.2) is 0 Å². The standard InChI is InChI=1S/C19H30N4O3/c1-16(23-9-3-8-20-23)14-18(25)21-10-6-19(7-11-21)5-4-17(24)22(15-19)12-13-26-2/h3,8-9,16H,4-7,10-15H2,1-2H3. The molecule has 2 fully saturated rings. The Morgan fingerprint density at radius 2 is 2.12 bits per heavy atom. The van der Waals surface area contributed by atoms with E-state index in [1.807, 2.05) is 33.7 Å². The van der Waals surface area contributed by atoms with Crippen LogP contribution in [-0.4, -0.2) is 71.3 Å². The van der Waals surface area contributed by atoms with Gasteiger partial charge in [-0.3, -0.25) is 14.3 Å². The van der Waals surface area contributed by atoms with Gasteiger partial charge >= 0.3 is 0 Å². The molecule has 144 valence electrons. The van der Waals surface area contributed by atoms with Crippen LogP contribution in [0, 0.1) is 5.41 Å². The molecular formula is C19H30N4O3. The topological polar surface area (TPSA) is 67.7 Å². The van der Waals surface area contributed by atoms with E-state index in [-0.39, 0.29) is 23.3 Å². The van der Waals surface area contributed by atoms with Crippen molar-refractivity contribution in [2.75, 3.05) is 39.9 Å². The Balaban J connectivity index is 1.51. The number of hydrogen-bond donors (Lipinski definition) is 0. The Hall–Kier alpha value is -1.89. The molecule has 3 rings (SSSR count). The maximum atomic E-state index is 12.6. The summed E-state index contributed by atoms with van der Waals surface area (Å²) in [5.41, 5.74) is 0.173. The summed E-state index contributed by atoms with van der Waals surface area (Å²) in [6.45, 7) is 5.66. The normalized spacial score (nSPS) is 21.2. The summed E-state index contributed by atoms with van der Waals surface area (Å²) in [5.74, 6) is 0.435. The van der Waals surface area contributed by atoms with Gasteiger partial charge in [0.25, 0.3) is 0 Å². The van der Waals surface area contributed by atoms with Gasteiger partial charge in [-0.2, -0.15) is 5.10 Å². The highest BCUT2D eigenvalue weighted by Crippen LogP contribution is 2.40. The molecule has 0 saturated carbocycles. The monoisotopic (exact) mass is 362 g/mol. The Labute approximate surface area is 155 Å². The van der Waals surface area contributed by atoms with Crippen LogP contribution in [0.4, 0.5) is 0 Å². The maximum absolute atomic E-state index is 12.6. The second-order valence-electron chi connectivity index (χ2n) is 7.73. The van der Waals surface area contributed by atoms with Crippen molar-refractivity contribution < 1.29 is 14.3 Å². The summed E-state index contributed by atoms with van der Waals surface area (Å²) in [6, 6.07) is 1.95. The number of rotatable bonds is 6. The van der Waals surface area contributed by atoms with Crippen molar-refractivity contribution in [2.45, 2.75) is 45.1 Å². The molecule has 1 aromatic rings. The van der Waals surface area contributed by atoms with Gasteiger partial charge in [-0.15, -0.1) is 0 Å². The predicted octanol–water partition coefficient (Wildman–Crippen LogP) is 1.71. The van der Waals surface area contributed by atoms with E-state index in [0.717, 1.165) is 38.9 Å². The molecule has 1 atom stereocenters. The number of nitrogens with zero attached hydrogens (tertiary/aromatic N) is 4. The van der Waals surface area contributed by atoms with E-state index in [1.54, 1.807) is 13.3 Å². The Morgan fingerprint density at radius 1 is 1.35 bits per heavy atom. The van der Waals surface area contributed by atoms with Crippen molar-refractivity contribution in [1.82, 2.24) is 19.6 Å². The first-order valence-corrected chi connectivity index (χ1v) is 9.57. The molecule has 3 heterocycles. The lowest BCUT2D eigenvalue weighted by Crippen LogP contribution is -2.53. The Morgan fingerprint density at radius 3 is 2.77 bits per heavy atom. The molecule has 0 aromatic carbocycles. The summed E-state index contributed by atoms with van der Waals surface area (Å²) in [7, 11) is 1.67. The summed E-state index contributed by atoms with van der Waals surface area (Å²) >= 11 is 0. The zero-order chi connectivity index (χ0) is 18.6. The fraction of sp³-hybridized carbons (Fsp3) is 0.737. The number of amides is 2. The van der Waals surface area contributed by atoms with Crippen LogP contribution in [0.25, 0.3) is 0 Å². The highest BCUT2D eigenvalue weighted by Gasteiger charge is 2.41. The molecule has 1 spiro atoms. The highest BCUT2D eigenvalue weighted by molar-refractivity contribution is 5.78. The largest absolute Gasteiger partial charge is 0.383 e. The van der Waals surface area contributed by atoms with Crippen molar-refractivity contribution in [3.63, 3.8) is 0 Å². The summed E-state index contributed by atoms with van der Waals surface area (Å²) < 4.78 is 6.97. The number of hydrogen-bond acceptors (Lipinski definition) is 4. The quantitative estimate of drug-likeness (QED) is 0.773. The van der Waals surface area contributed by atoms with Crippen LogP contribution >= 0.6 is 0 Å². The molecule has 2 saturated heterocycles. The second-order valence-corrected chi connectivity index (χ2v) is 7.73. The minimum Gasteiger partial charge on any atom is -0.383 e. The molecule has 2 aliphatic rings. The summed E-state index contributed by atoms with van der Waals surface area (Å²) in [4.78, 5) is 28.7. The van der Waals surface area contributed by atoms with Crippen LogP contribution in [0.1, 0.15) is 45.1 Å². The number of carbonyl (C=O) groups excluding carboxylic acids is 2. The number of aromatic nitrogens is 2. The molecule has 2 amide bonds. The summed E-state index contributed by atoms with van der Waals surface area (Å²) in [5, 5.41) is 4.22. The fourth-order valence-electron chi connectivity index (χ4n) is 4.16. The fourth-order valence-corrected chi connectivity index (χ4v) is 4.16. The van der Waals surface area contributed by atoms with E-state index in [4.69, 9.17) is 4.74 Å². The molecule has 0 radical (unpaired) electrons. The smallest absolute Gasteiger partial charge is 0.224 e. The van der Waals surface area contributed by atoms with Crippen molar-refractivity contribution in [3.8, 4) is 0 Å². The third-order valence-corrected chi connectivity index (χ3v) is 5.94. The van der Waals surface area contributed by atoms with Crippen molar-refractivity contribution >= 4 is 11.8 Å². The van der Waals surface area contributed by atoms with Gasteiger partial charge in [0.2, 0.25) is 11.8 Å². The van der Waals surface area contributed by atoms with Crippen molar-refractivity contribution in [2.24, 2.45) is 5.41 Å². The Bertz CT molecular complexity index is 608. The maximum Gasteiger partial charge on any atom is 0.224 e. The van der Waals surface area contributed by atoms with Gasteiger partial charge in [-0.1, -0.05) is 0 Å². The number of likely N-dealkylation sites (tertiary alicyclic amines) is 2. The molecule has 7 heteroatoms. The van der Waals surface area contributed by atoms with Gasteiger partial charge < -0.3 is 14.5 Å². The van der Waals surface area contributed by atoms with Crippen LogP contribution in [0.5, 0.6) is 0 Å². The van der Waals surface area contributed by atoms with Gasteiger partial charge in [-0.05, 0) is 37.7 Å². The number of piperidine rings is 2. The average molecular weight is 362 g/mol. The molecule has 1 unspecified atom stereocenters. The first kappa shape index (κ1) is 18.9. The van der Waals surface area contributed by atoms with E-state index in [1.165, 1.54) is 0 Å². The first-order chi connectivity index (χ1) is 12.5. The zero-order valence-corrected chi connectivity index (χ0v) is 15.9. The minimum absolute atomic E-state index is 0.0743. The molecule has 0 bridgehead atoms. The second kappa shape index (κ2) is 8.20. The first-order valence-electron chi connectivity index (χ1n) is 9.57. The number of methoxy groups -OCH3 is 1. The zero-order valence-electron chi connectivity index (χ0n) is 15.9. The lowest BCUT2D eigenvalue weighted by Gasteiger charge is -2.47. The van der Waals surface area contributed by atoms with Crippen LogP contribution < -0.4 is 0 Å². The van der Waals surface area contributed by atoms with Gasteiger partial charge in [0.05, 0.1) is 12.6 Å². The van der Waals surface area contributed by atoms with E-state index >= 15 is 0 Å². The van der Waals surface area contributed by atoms with Crippen LogP contribution in [0.15, 0.2) is 18.5 Å². The van der Waals surface area contributed by atoms with E-state index in [2.05, 4.69) is 5.10 Å². The number of ether oxygens (including phenoxy) is 1. The minimum atomic E-state index is 0.0743. The lowest BCUT2D eigenvalue weighted by atomic mass is 9.72. The third kappa shape index (κ3) is 4.26. The van der Waals surface area contributed by atoms with Gasteiger partial charge in [0.15, 0.2) is 0 Å². The van der Waals surface area contributed by atoms with E-state index in [0.29, 0.717) is 26.0 Å². The van der Waals surface area contributed by atoms with Gasteiger partial charge in [0, 0.05) is 58.5 Å². The molecule has 0 aliphatic carbocycles. The van der Waals surface area contributed by atoms with Crippen molar-refractivity contribution in [3.05, 3.63) is 18.5 Å². The third-order valence-electron chi connectivity index (χ3n) is 5.94. The summed E-state index contributed by atoms with van der Waals surface area (Å²) in [6.07, 6.45) is 7.64. The molecular weight excluding hydrogens is 332 g/mol. The van der Waals surface area contributed by atoms with Crippen LogP contribution in [0.3, 0.4) is 0 Å². The van der Waals surface area contributed by atoms with Crippen LogP contribution in [0.2, 0.25) is 0 Å². The van der Waals surface area contributed by atoms with Crippen LogP contribution in [-0.2, 0) is 14.3 Å². The molecule has 0 N–H and O–H groups in total. The SMILES string of the molecule is COCCN1CC2(CCC1=O)CCN(C(=O)CC(C)n1cccn1)CC2. The number of carbonyl (C=O) groups is 2. The average Bonchev–Trinajstić information content (AvgIpc) is 3.18. The van der Waals surface area contributed by atoms with E-state index in [9.17, 15) is 9.59 Å². The predicted molar refractivity (Wildman–Crippen MR) is 97.5 cm³/mol. The molecule has 7 nitrogen and oxygen atoms in total.